The van der Waals surface area contributed by atoms with Crippen molar-refractivity contribution in [3.05, 3.63) is 96.4 Å². The van der Waals surface area contributed by atoms with Crippen LogP contribution < -0.4 is 5.32 Å². The molecule has 0 saturated carbocycles. The largest absolute Gasteiger partial charge is 0.361 e. The Hall–Kier alpha value is -3.27. The van der Waals surface area contributed by atoms with E-state index in [1.165, 1.54) is 10.9 Å². The third-order valence-electron chi connectivity index (χ3n) is 4.66. The first-order valence-electron chi connectivity index (χ1n) is 8.83. The van der Waals surface area contributed by atoms with E-state index in [9.17, 15) is 4.79 Å². The number of carbonyl (C=O) groups is 1. The Morgan fingerprint density at radius 1 is 0.962 bits per heavy atom. The van der Waals surface area contributed by atoms with Gasteiger partial charge in [-0.05, 0) is 35.7 Å². The van der Waals surface area contributed by atoms with Gasteiger partial charge >= 0.3 is 0 Å². The van der Waals surface area contributed by atoms with E-state index < -0.39 is 0 Å². The summed E-state index contributed by atoms with van der Waals surface area (Å²) in [6, 6.07) is 21.6. The fourth-order valence-electron chi connectivity index (χ4n) is 3.37. The number of H-pyrrole nitrogens is 1. The fraction of sp³-hybridized carbons (Fsp3) is 0.136. The van der Waals surface area contributed by atoms with Gasteiger partial charge in [-0.25, -0.2) is 0 Å². The van der Waals surface area contributed by atoms with Crippen LogP contribution in [0.1, 0.15) is 17.2 Å². The highest BCUT2D eigenvalue weighted by Gasteiger charge is 2.21. The van der Waals surface area contributed by atoms with Gasteiger partial charge in [0.05, 0.1) is 0 Å². The molecule has 130 valence electrons. The number of para-hydroxylation sites is 1. The average molecular weight is 343 g/mol. The molecule has 0 spiro atoms. The van der Waals surface area contributed by atoms with Crippen molar-refractivity contribution in [2.45, 2.75) is 12.5 Å². The fourth-order valence-corrected chi connectivity index (χ4v) is 3.37. The first-order chi connectivity index (χ1) is 12.8. The molecule has 2 aromatic carbocycles. The number of amides is 1. The monoisotopic (exact) mass is 343 g/mol. The molecule has 0 saturated heterocycles. The van der Waals surface area contributed by atoms with Gasteiger partial charge in [0.15, 0.2) is 0 Å². The topological polar surface area (TPSA) is 49.8 Å². The first kappa shape index (κ1) is 16.2. The molecule has 0 aliphatic rings. The van der Waals surface area contributed by atoms with Crippen LogP contribution in [0, 0.1) is 0 Å². The van der Waals surface area contributed by atoms with Crippen molar-refractivity contribution in [3.63, 3.8) is 0 Å². The molecule has 4 rings (SSSR count). The number of nitrogens with one attached hydrogen (secondary N) is 2. The molecule has 0 aliphatic carbocycles. The summed E-state index contributed by atoms with van der Waals surface area (Å²) >= 11 is 0. The van der Waals surface area contributed by atoms with Gasteiger partial charge < -0.3 is 14.9 Å². The summed E-state index contributed by atoms with van der Waals surface area (Å²) in [6.45, 7) is 0.602. The third kappa shape index (κ3) is 3.26. The summed E-state index contributed by atoms with van der Waals surface area (Å²) in [5, 5.41) is 4.31. The van der Waals surface area contributed by atoms with Crippen molar-refractivity contribution in [2.24, 2.45) is 0 Å². The zero-order chi connectivity index (χ0) is 17.8. The number of carbonyl (C=O) groups excluding carboxylic acids is 1. The zero-order valence-electron chi connectivity index (χ0n) is 14.4. The normalized spacial score (nSPS) is 12.2. The molecule has 4 heteroatoms. The Morgan fingerprint density at radius 3 is 2.50 bits per heavy atom. The van der Waals surface area contributed by atoms with Crippen LogP contribution >= 0.6 is 0 Å². The van der Waals surface area contributed by atoms with Crippen molar-refractivity contribution in [3.8, 4) is 0 Å². The minimum Gasteiger partial charge on any atom is -0.361 e. The molecule has 4 aromatic rings. The summed E-state index contributed by atoms with van der Waals surface area (Å²) in [5.41, 5.74) is 3.33. The second-order valence-electron chi connectivity index (χ2n) is 6.34. The molecule has 2 N–H and O–H groups in total. The van der Waals surface area contributed by atoms with Crippen LogP contribution in [0.4, 0.5) is 0 Å². The Morgan fingerprint density at radius 2 is 1.69 bits per heavy atom. The maximum atomic E-state index is 12.9. The highest BCUT2D eigenvalue weighted by molar-refractivity contribution is 5.84. The van der Waals surface area contributed by atoms with Gasteiger partial charge in [0, 0.05) is 36.0 Å². The Balaban J connectivity index is 1.47. The van der Waals surface area contributed by atoms with Crippen molar-refractivity contribution in [1.29, 1.82) is 0 Å². The van der Waals surface area contributed by atoms with Crippen molar-refractivity contribution in [2.75, 3.05) is 6.54 Å². The molecular formula is C22H21N3O. The van der Waals surface area contributed by atoms with E-state index in [0.717, 1.165) is 17.5 Å². The van der Waals surface area contributed by atoms with Crippen molar-refractivity contribution in [1.82, 2.24) is 14.9 Å². The summed E-state index contributed by atoms with van der Waals surface area (Å²) in [7, 11) is 0. The zero-order valence-corrected chi connectivity index (χ0v) is 14.4. The number of aromatic nitrogens is 2. The minimum atomic E-state index is -0.353. The van der Waals surface area contributed by atoms with Crippen molar-refractivity contribution < 1.29 is 4.79 Å². The quantitative estimate of drug-likeness (QED) is 0.548. The molecule has 2 aromatic heterocycles. The summed E-state index contributed by atoms with van der Waals surface area (Å²) in [6.07, 6.45) is 6.67. The molecule has 0 aliphatic heterocycles. The van der Waals surface area contributed by atoms with Gasteiger partial charge in [0.25, 0.3) is 0 Å². The lowest BCUT2D eigenvalue weighted by molar-refractivity contribution is -0.123. The predicted molar refractivity (Wildman–Crippen MR) is 104 cm³/mol. The number of hydrogen-bond acceptors (Lipinski definition) is 1. The molecule has 4 nitrogen and oxygen atoms in total. The Labute approximate surface area is 152 Å². The van der Waals surface area contributed by atoms with Crippen LogP contribution in [-0.4, -0.2) is 22.0 Å². The number of fused-ring (bicyclic) bond motifs is 1. The van der Waals surface area contributed by atoms with Crippen LogP contribution in [0.15, 0.2) is 85.3 Å². The highest BCUT2D eigenvalue weighted by atomic mass is 16.2. The van der Waals surface area contributed by atoms with E-state index in [0.29, 0.717) is 6.54 Å². The molecular weight excluding hydrogens is 322 g/mol. The molecule has 2 heterocycles. The number of benzene rings is 2. The molecule has 26 heavy (non-hydrogen) atoms. The summed E-state index contributed by atoms with van der Waals surface area (Å²) < 4.78 is 1.94. The second-order valence-corrected chi connectivity index (χ2v) is 6.34. The van der Waals surface area contributed by atoms with Crippen LogP contribution in [0.3, 0.4) is 0 Å². The molecule has 0 unspecified atom stereocenters. The lowest BCUT2D eigenvalue weighted by Crippen LogP contribution is -2.34. The van der Waals surface area contributed by atoms with E-state index in [1.54, 1.807) is 0 Å². The molecule has 0 bridgehead atoms. The standard InChI is InChI=1S/C22H21N3O/c26-22(21(25-14-6-7-15-25)17-8-2-1-3-9-17)23-13-12-18-16-24-20-11-5-4-10-19(18)20/h1-11,14-16,21,24H,12-13H2,(H,23,26)/t21-/m1/s1. The van der Waals surface area contributed by atoms with Crippen LogP contribution in [0.25, 0.3) is 10.9 Å². The van der Waals surface area contributed by atoms with Crippen LogP contribution in [-0.2, 0) is 11.2 Å². The number of hydrogen-bond donors (Lipinski definition) is 2. The average Bonchev–Trinajstić information content (AvgIpc) is 3.34. The van der Waals surface area contributed by atoms with Gasteiger partial charge in [-0.1, -0.05) is 48.5 Å². The summed E-state index contributed by atoms with van der Waals surface area (Å²) in [5.74, 6) is 0.00670. The summed E-state index contributed by atoms with van der Waals surface area (Å²) in [4.78, 5) is 16.2. The Kier molecular flexibility index (Phi) is 4.56. The smallest absolute Gasteiger partial charge is 0.247 e. The number of aromatic amines is 1. The lowest BCUT2D eigenvalue weighted by atomic mass is 10.1. The van der Waals surface area contributed by atoms with Crippen LogP contribution in [0.5, 0.6) is 0 Å². The molecule has 0 radical (unpaired) electrons. The lowest BCUT2D eigenvalue weighted by Gasteiger charge is -2.19. The molecule has 0 fully saturated rings. The maximum absolute atomic E-state index is 12.9. The van der Waals surface area contributed by atoms with Gasteiger partial charge in [-0.15, -0.1) is 0 Å². The molecule has 1 atom stereocenters. The maximum Gasteiger partial charge on any atom is 0.247 e. The van der Waals surface area contributed by atoms with Crippen LogP contribution in [0.2, 0.25) is 0 Å². The van der Waals surface area contributed by atoms with E-state index in [1.807, 2.05) is 77.8 Å². The number of rotatable bonds is 6. The predicted octanol–water partition coefficient (Wildman–Crippen LogP) is 3.92. The third-order valence-corrected chi connectivity index (χ3v) is 4.66. The number of nitrogens with zero attached hydrogens (tertiary/aromatic N) is 1. The van der Waals surface area contributed by atoms with E-state index in [-0.39, 0.29) is 11.9 Å². The van der Waals surface area contributed by atoms with Crippen molar-refractivity contribution >= 4 is 16.8 Å². The highest BCUT2D eigenvalue weighted by Crippen LogP contribution is 2.20. The van der Waals surface area contributed by atoms with E-state index in [2.05, 4.69) is 22.4 Å². The van der Waals surface area contributed by atoms with E-state index >= 15 is 0 Å². The Bertz CT molecular complexity index is 987. The SMILES string of the molecule is O=C(NCCc1c[nH]c2ccccc12)[C@@H](c1ccccc1)n1cccc1. The van der Waals surface area contributed by atoms with Gasteiger partial charge in [-0.3, -0.25) is 4.79 Å². The van der Waals surface area contributed by atoms with Gasteiger partial charge in [-0.2, -0.15) is 0 Å². The van der Waals surface area contributed by atoms with Gasteiger partial charge in [0.2, 0.25) is 5.91 Å². The molecule has 1 amide bonds. The second kappa shape index (κ2) is 7.31. The minimum absolute atomic E-state index is 0.00670. The van der Waals surface area contributed by atoms with Gasteiger partial charge in [0.1, 0.15) is 6.04 Å². The van der Waals surface area contributed by atoms with E-state index in [4.69, 9.17) is 0 Å². The first-order valence-corrected chi connectivity index (χ1v) is 8.83.